The Kier molecular flexibility index (Phi) is 4.81. The van der Waals surface area contributed by atoms with Crippen LogP contribution in [-0.4, -0.2) is 41.6 Å². The van der Waals surface area contributed by atoms with Gasteiger partial charge < -0.3 is 10.2 Å². The number of carbonyl (C=O) groups is 3. The maximum absolute atomic E-state index is 13.0. The fourth-order valence-electron chi connectivity index (χ4n) is 3.48. The van der Waals surface area contributed by atoms with E-state index in [0.29, 0.717) is 22.8 Å². The monoisotopic (exact) mass is 415 g/mol. The number of rotatable bonds is 3. The van der Waals surface area contributed by atoms with Gasteiger partial charge in [-0.3, -0.25) is 14.5 Å². The summed E-state index contributed by atoms with van der Waals surface area (Å²) in [4.78, 5) is 42.0. The first kappa shape index (κ1) is 18.8. The van der Waals surface area contributed by atoms with Crippen molar-refractivity contribution in [2.24, 2.45) is 0 Å². The summed E-state index contributed by atoms with van der Waals surface area (Å²) >= 11 is 7.74. The Hall–Kier alpha value is -2.51. The molecule has 2 aliphatic rings. The highest BCUT2D eigenvalue weighted by Crippen LogP contribution is 2.37. The molecule has 2 aromatic carbocycles. The second-order valence-corrected chi connectivity index (χ2v) is 8.39. The number of amides is 4. The molecule has 0 aliphatic carbocycles. The zero-order valence-electron chi connectivity index (χ0n) is 15.1. The Labute approximate surface area is 171 Å². The van der Waals surface area contributed by atoms with Gasteiger partial charge in [0, 0.05) is 22.2 Å². The number of anilines is 1. The van der Waals surface area contributed by atoms with Crippen molar-refractivity contribution in [1.29, 1.82) is 0 Å². The molecule has 28 heavy (non-hydrogen) atoms. The minimum absolute atomic E-state index is 0.315. The van der Waals surface area contributed by atoms with Gasteiger partial charge in [0.2, 0.25) is 5.91 Å². The molecule has 144 valence electrons. The Bertz CT molecular complexity index is 968. The molecule has 4 amide bonds. The summed E-state index contributed by atoms with van der Waals surface area (Å²) in [5, 5.41) is 3.26. The van der Waals surface area contributed by atoms with E-state index in [1.807, 2.05) is 12.1 Å². The van der Waals surface area contributed by atoms with Crippen LogP contribution >= 0.6 is 23.4 Å². The van der Waals surface area contributed by atoms with E-state index in [4.69, 9.17) is 11.6 Å². The van der Waals surface area contributed by atoms with Crippen LogP contribution in [0.2, 0.25) is 5.02 Å². The lowest BCUT2D eigenvalue weighted by atomic mass is 9.92. The van der Waals surface area contributed by atoms with Crippen molar-refractivity contribution in [1.82, 2.24) is 10.2 Å². The van der Waals surface area contributed by atoms with E-state index in [1.165, 1.54) is 0 Å². The number of halogens is 1. The first-order valence-electron chi connectivity index (χ1n) is 8.82. The van der Waals surface area contributed by atoms with E-state index in [9.17, 15) is 14.4 Å². The second kappa shape index (κ2) is 7.14. The molecule has 1 fully saturated rings. The van der Waals surface area contributed by atoms with E-state index in [-0.39, 0.29) is 12.5 Å². The highest BCUT2D eigenvalue weighted by atomic mass is 35.5. The number of carbonyl (C=O) groups excluding carboxylic acids is 3. The van der Waals surface area contributed by atoms with Crippen LogP contribution in [0.15, 0.2) is 53.4 Å². The number of fused-ring (bicyclic) bond motifs is 1. The van der Waals surface area contributed by atoms with E-state index >= 15 is 0 Å². The van der Waals surface area contributed by atoms with Crippen LogP contribution in [0.3, 0.4) is 0 Å². The van der Waals surface area contributed by atoms with Gasteiger partial charge in [-0.25, -0.2) is 4.79 Å². The van der Waals surface area contributed by atoms with Crippen molar-refractivity contribution < 1.29 is 14.4 Å². The molecule has 1 unspecified atom stereocenters. The molecule has 1 saturated heterocycles. The van der Waals surface area contributed by atoms with E-state index in [0.717, 1.165) is 15.5 Å². The molecule has 2 heterocycles. The van der Waals surface area contributed by atoms with Crippen LogP contribution in [0, 0.1) is 0 Å². The molecule has 0 aromatic heterocycles. The Morgan fingerprint density at radius 3 is 2.71 bits per heavy atom. The molecule has 0 spiro atoms. The summed E-state index contributed by atoms with van der Waals surface area (Å²) in [6.45, 7) is 1.83. The van der Waals surface area contributed by atoms with Gasteiger partial charge in [-0.05, 0) is 30.7 Å². The number of imide groups is 1. The average molecular weight is 416 g/mol. The van der Waals surface area contributed by atoms with Crippen molar-refractivity contribution in [2.75, 3.05) is 23.7 Å². The second-order valence-electron chi connectivity index (χ2n) is 6.82. The minimum atomic E-state index is -1.18. The van der Waals surface area contributed by atoms with Crippen LogP contribution < -0.4 is 10.2 Å². The Balaban J connectivity index is 1.57. The number of urea groups is 1. The van der Waals surface area contributed by atoms with Crippen molar-refractivity contribution in [3.8, 4) is 0 Å². The largest absolute Gasteiger partial charge is 0.325 e. The molecule has 6 nitrogen and oxygen atoms in total. The minimum Gasteiger partial charge on any atom is -0.319 e. The van der Waals surface area contributed by atoms with Crippen LogP contribution in [-0.2, 0) is 15.1 Å². The van der Waals surface area contributed by atoms with E-state index in [2.05, 4.69) is 5.32 Å². The highest BCUT2D eigenvalue weighted by molar-refractivity contribution is 7.99. The predicted molar refractivity (Wildman–Crippen MR) is 109 cm³/mol. The fraction of sp³-hybridized carbons (Fsp3) is 0.250. The zero-order valence-corrected chi connectivity index (χ0v) is 16.7. The molecule has 8 heteroatoms. The molecule has 2 aromatic rings. The lowest BCUT2D eigenvalue weighted by Crippen LogP contribution is -2.46. The summed E-state index contributed by atoms with van der Waals surface area (Å²) < 4.78 is 0. The van der Waals surface area contributed by atoms with Crippen molar-refractivity contribution in [3.05, 3.63) is 59.1 Å². The van der Waals surface area contributed by atoms with Gasteiger partial charge in [0.1, 0.15) is 12.1 Å². The molecule has 4 rings (SSSR count). The third-order valence-electron chi connectivity index (χ3n) is 5.00. The molecule has 0 saturated carbocycles. The number of hydrogen-bond donors (Lipinski definition) is 1. The topological polar surface area (TPSA) is 69.7 Å². The number of nitrogens with one attached hydrogen (secondary N) is 1. The number of nitrogens with zero attached hydrogens (tertiary/aromatic N) is 2. The molecule has 1 N–H and O–H groups in total. The Morgan fingerprint density at radius 1 is 1.21 bits per heavy atom. The smallest absolute Gasteiger partial charge is 0.319 e. The van der Waals surface area contributed by atoms with Crippen molar-refractivity contribution in [3.63, 3.8) is 0 Å². The van der Waals surface area contributed by atoms with Gasteiger partial charge in [-0.2, -0.15) is 0 Å². The summed E-state index contributed by atoms with van der Waals surface area (Å²) in [5.74, 6) is -0.0122. The van der Waals surface area contributed by atoms with Gasteiger partial charge in [0.05, 0.1) is 5.69 Å². The predicted octanol–water partition coefficient (Wildman–Crippen LogP) is 3.25. The van der Waals surface area contributed by atoms with Gasteiger partial charge in [0.25, 0.3) is 5.91 Å². The molecule has 0 bridgehead atoms. The Morgan fingerprint density at radius 2 is 1.96 bits per heavy atom. The third-order valence-corrected chi connectivity index (χ3v) is 6.28. The SMILES string of the molecule is CC1(c2ccccc2)NC(=O)N(CC(=O)N2CCSc3ccc(Cl)cc32)C1=O. The molecule has 0 radical (unpaired) electrons. The maximum atomic E-state index is 13.0. The quantitative estimate of drug-likeness (QED) is 0.781. The highest BCUT2D eigenvalue weighted by Gasteiger charge is 2.49. The number of hydrogen-bond acceptors (Lipinski definition) is 4. The number of thioether (sulfide) groups is 1. The van der Waals surface area contributed by atoms with Crippen molar-refractivity contribution in [2.45, 2.75) is 17.4 Å². The van der Waals surface area contributed by atoms with Crippen LogP contribution in [0.25, 0.3) is 0 Å². The van der Waals surface area contributed by atoms with Crippen LogP contribution in [0.5, 0.6) is 0 Å². The summed E-state index contributed by atoms with van der Waals surface area (Å²) in [7, 11) is 0. The first-order chi connectivity index (χ1) is 13.4. The normalized spacial score (nSPS) is 21.5. The van der Waals surface area contributed by atoms with Gasteiger partial charge in [0.15, 0.2) is 0 Å². The summed E-state index contributed by atoms with van der Waals surface area (Å²) in [6.07, 6.45) is 0. The van der Waals surface area contributed by atoms with Gasteiger partial charge >= 0.3 is 6.03 Å². The van der Waals surface area contributed by atoms with Crippen LogP contribution in [0.1, 0.15) is 12.5 Å². The molecule has 2 aliphatic heterocycles. The standard InChI is InChI=1S/C20H18ClN3O3S/c1-20(13-5-3-2-4-6-13)18(26)24(19(27)22-20)12-17(25)23-9-10-28-16-8-7-14(21)11-15(16)23/h2-8,11H,9-10,12H2,1H3,(H,22,27). The van der Waals surface area contributed by atoms with Crippen LogP contribution in [0.4, 0.5) is 10.5 Å². The van der Waals surface area contributed by atoms with E-state index < -0.39 is 17.5 Å². The lowest BCUT2D eigenvalue weighted by Gasteiger charge is -2.30. The summed E-state index contributed by atoms with van der Waals surface area (Å²) in [6, 6.07) is 13.8. The van der Waals surface area contributed by atoms with Gasteiger partial charge in [-0.1, -0.05) is 41.9 Å². The molecular weight excluding hydrogens is 398 g/mol. The lowest BCUT2D eigenvalue weighted by molar-refractivity contribution is -0.134. The van der Waals surface area contributed by atoms with E-state index in [1.54, 1.807) is 60.0 Å². The average Bonchev–Trinajstić information content (AvgIpc) is 2.92. The van der Waals surface area contributed by atoms with Gasteiger partial charge in [-0.15, -0.1) is 11.8 Å². The molecular formula is C20H18ClN3O3S. The fourth-order valence-corrected chi connectivity index (χ4v) is 4.62. The molecule has 1 atom stereocenters. The number of benzene rings is 2. The maximum Gasteiger partial charge on any atom is 0.325 e. The third kappa shape index (κ3) is 3.14. The van der Waals surface area contributed by atoms with Crippen molar-refractivity contribution >= 4 is 46.9 Å². The first-order valence-corrected chi connectivity index (χ1v) is 10.2. The summed E-state index contributed by atoms with van der Waals surface area (Å²) in [5.41, 5.74) is 0.207. The zero-order chi connectivity index (χ0) is 19.9.